The van der Waals surface area contributed by atoms with Crippen molar-refractivity contribution in [1.29, 1.82) is 5.26 Å². The molecule has 0 aromatic carbocycles. The Labute approximate surface area is 99.1 Å². The van der Waals surface area contributed by atoms with Gasteiger partial charge in [0.2, 0.25) is 0 Å². The van der Waals surface area contributed by atoms with E-state index in [4.69, 9.17) is 5.26 Å². The van der Waals surface area contributed by atoms with Gasteiger partial charge in [0, 0.05) is 6.04 Å². The lowest BCUT2D eigenvalue weighted by atomic mass is 9.90. The predicted octanol–water partition coefficient (Wildman–Crippen LogP) is 2.02. The molecule has 1 saturated heterocycles. The third kappa shape index (κ3) is 3.47. The van der Waals surface area contributed by atoms with Crippen molar-refractivity contribution >= 4 is 0 Å². The van der Waals surface area contributed by atoms with E-state index in [0.29, 0.717) is 12.0 Å². The summed E-state index contributed by atoms with van der Waals surface area (Å²) in [6.07, 6.45) is 3.17. The fraction of sp³-hybridized carbons (Fsp3) is 0.923. The number of hydrogen-bond donors (Lipinski definition) is 1. The molecule has 0 aliphatic carbocycles. The standard InChI is InChI=1S/C13H24N2O/c1-11-5-8-15(12(11)9-16)7-4-6-13(2,3)10-14/h11-12,16H,4-9H2,1-3H3. The molecule has 1 N–H and O–H groups in total. The summed E-state index contributed by atoms with van der Waals surface area (Å²) >= 11 is 0. The monoisotopic (exact) mass is 224 g/mol. The van der Waals surface area contributed by atoms with E-state index in [2.05, 4.69) is 17.9 Å². The number of nitrogens with zero attached hydrogens (tertiary/aromatic N) is 2. The summed E-state index contributed by atoms with van der Waals surface area (Å²) in [4.78, 5) is 2.37. The summed E-state index contributed by atoms with van der Waals surface area (Å²) in [6, 6.07) is 2.67. The van der Waals surface area contributed by atoms with Gasteiger partial charge in [-0.25, -0.2) is 0 Å². The van der Waals surface area contributed by atoms with E-state index < -0.39 is 0 Å². The molecule has 0 bridgehead atoms. The number of likely N-dealkylation sites (tertiary alicyclic amines) is 1. The van der Waals surface area contributed by atoms with Gasteiger partial charge in [0.1, 0.15) is 0 Å². The molecule has 1 heterocycles. The van der Waals surface area contributed by atoms with Crippen LogP contribution in [0.5, 0.6) is 0 Å². The maximum absolute atomic E-state index is 9.32. The number of rotatable bonds is 5. The summed E-state index contributed by atoms with van der Waals surface area (Å²) in [5.41, 5.74) is -0.208. The van der Waals surface area contributed by atoms with Crippen LogP contribution in [-0.2, 0) is 0 Å². The fourth-order valence-electron chi connectivity index (χ4n) is 2.44. The third-order valence-electron chi connectivity index (χ3n) is 3.73. The zero-order valence-corrected chi connectivity index (χ0v) is 10.7. The Bertz CT molecular complexity index is 257. The highest BCUT2D eigenvalue weighted by atomic mass is 16.3. The highest BCUT2D eigenvalue weighted by molar-refractivity contribution is 4.92. The summed E-state index contributed by atoms with van der Waals surface area (Å²) in [5, 5.41) is 18.2. The van der Waals surface area contributed by atoms with Crippen molar-refractivity contribution in [3.8, 4) is 6.07 Å². The average Bonchev–Trinajstić information content (AvgIpc) is 2.59. The van der Waals surface area contributed by atoms with Crippen molar-refractivity contribution in [1.82, 2.24) is 4.90 Å². The van der Waals surface area contributed by atoms with Crippen LogP contribution in [0.25, 0.3) is 0 Å². The smallest absolute Gasteiger partial charge is 0.0683 e. The van der Waals surface area contributed by atoms with Gasteiger partial charge in [-0.1, -0.05) is 6.92 Å². The zero-order valence-electron chi connectivity index (χ0n) is 10.7. The van der Waals surface area contributed by atoms with Gasteiger partial charge in [0.15, 0.2) is 0 Å². The summed E-state index contributed by atoms with van der Waals surface area (Å²) in [5.74, 6) is 0.606. The second kappa shape index (κ2) is 5.65. The van der Waals surface area contributed by atoms with Gasteiger partial charge in [-0.05, 0) is 52.1 Å². The first kappa shape index (κ1) is 13.5. The van der Waals surface area contributed by atoms with E-state index >= 15 is 0 Å². The van der Waals surface area contributed by atoms with Gasteiger partial charge >= 0.3 is 0 Å². The number of aliphatic hydroxyl groups excluding tert-OH is 1. The van der Waals surface area contributed by atoms with Crippen LogP contribution < -0.4 is 0 Å². The van der Waals surface area contributed by atoms with E-state index in [9.17, 15) is 5.11 Å². The van der Waals surface area contributed by atoms with Crippen LogP contribution in [0, 0.1) is 22.7 Å². The first-order valence-corrected chi connectivity index (χ1v) is 6.26. The Morgan fingerprint density at radius 3 is 2.75 bits per heavy atom. The Hall–Kier alpha value is -0.590. The molecule has 3 nitrogen and oxygen atoms in total. The Morgan fingerprint density at radius 1 is 1.50 bits per heavy atom. The second-order valence-electron chi connectivity index (χ2n) is 5.65. The van der Waals surface area contributed by atoms with E-state index in [0.717, 1.165) is 25.9 Å². The summed E-state index contributed by atoms with van der Waals surface area (Å²) in [7, 11) is 0. The molecular formula is C13H24N2O. The molecular weight excluding hydrogens is 200 g/mol. The van der Waals surface area contributed by atoms with Gasteiger partial charge in [-0.3, -0.25) is 4.90 Å². The highest BCUT2D eigenvalue weighted by Crippen LogP contribution is 2.26. The minimum Gasteiger partial charge on any atom is -0.395 e. The quantitative estimate of drug-likeness (QED) is 0.777. The average molecular weight is 224 g/mol. The minimum atomic E-state index is -0.208. The molecule has 1 rings (SSSR count). The van der Waals surface area contributed by atoms with Gasteiger partial charge in [0.25, 0.3) is 0 Å². The van der Waals surface area contributed by atoms with Crippen LogP contribution in [0.1, 0.15) is 40.0 Å². The van der Waals surface area contributed by atoms with Crippen molar-refractivity contribution in [3.63, 3.8) is 0 Å². The van der Waals surface area contributed by atoms with Gasteiger partial charge in [-0.15, -0.1) is 0 Å². The van der Waals surface area contributed by atoms with Crippen molar-refractivity contribution in [2.75, 3.05) is 19.7 Å². The minimum absolute atomic E-state index is 0.208. The molecule has 0 radical (unpaired) electrons. The maximum atomic E-state index is 9.32. The molecule has 1 fully saturated rings. The lowest BCUT2D eigenvalue weighted by Crippen LogP contribution is -2.36. The lowest BCUT2D eigenvalue weighted by Gasteiger charge is -2.26. The van der Waals surface area contributed by atoms with E-state index in [1.54, 1.807) is 0 Å². The topological polar surface area (TPSA) is 47.3 Å². The molecule has 0 aromatic rings. The Morgan fingerprint density at radius 2 is 2.19 bits per heavy atom. The van der Waals surface area contributed by atoms with Crippen LogP contribution >= 0.6 is 0 Å². The van der Waals surface area contributed by atoms with Crippen LogP contribution in [0.3, 0.4) is 0 Å². The molecule has 2 atom stereocenters. The SMILES string of the molecule is CC1CCN(CCCC(C)(C)C#N)C1CO. The summed E-state index contributed by atoms with van der Waals surface area (Å²) in [6.45, 7) is 8.56. The van der Waals surface area contributed by atoms with E-state index in [-0.39, 0.29) is 12.0 Å². The maximum Gasteiger partial charge on any atom is 0.0683 e. The molecule has 0 amide bonds. The number of aliphatic hydroxyl groups is 1. The largest absolute Gasteiger partial charge is 0.395 e. The van der Waals surface area contributed by atoms with E-state index in [1.807, 2.05) is 13.8 Å². The van der Waals surface area contributed by atoms with Gasteiger partial charge in [0.05, 0.1) is 18.1 Å². The lowest BCUT2D eigenvalue weighted by molar-refractivity contribution is 0.135. The van der Waals surface area contributed by atoms with Gasteiger partial charge < -0.3 is 5.11 Å². The van der Waals surface area contributed by atoms with E-state index in [1.165, 1.54) is 6.42 Å². The Kier molecular flexibility index (Phi) is 4.76. The summed E-state index contributed by atoms with van der Waals surface area (Å²) < 4.78 is 0. The normalized spacial score (nSPS) is 26.9. The fourth-order valence-corrected chi connectivity index (χ4v) is 2.44. The van der Waals surface area contributed by atoms with Crippen molar-refractivity contribution in [2.45, 2.75) is 46.1 Å². The van der Waals surface area contributed by atoms with Crippen molar-refractivity contribution < 1.29 is 5.11 Å². The molecule has 2 unspecified atom stereocenters. The molecule has 0 saturated carbocycles. The molecule has 1 aliphatic rings. The number of hydrogen-bond acceptors (Lipinski definition) is 3. The zero-order chi connectivity index (χ0) is 12.2. The first-order chi connectivity index (χ1) is 7.50. The molecule has 1 aliphatic heterocycles. The van der Waals surface area contributed by atoms with Crippen LogP contribution in [0.15, 0.2) is 0 Å². The van der Waals surface area contributed by atoms with Gasteiger partial charge in [-0.2, -0.15) is 5.26 Å². The number of nitriles is 1. The second-order valence-corrected chi connectivity index (χ2v) is 5.65. The van der Waals surface area contributed by atoms with Crippen LogP contribution in [-0.4, -0.2) is 35.7 Å². The first-order valence-electron chi connectivity index (χ1n) is 6.26. The molecule has 16 heavy (non-hydrogen) atoms. The van der Waals surface area contributed by atoms with Crippen molar-refractivity contribution in [3.05, 3.63) is 0 Å². The van der Waals surface area contributed by atoms with Crippen molar-refractivity contribution in [2.24, 2.45) is 11.3 Å². The molecule has 92 valence electrons. The Balaban J connectivity index is 2.31. The molecule has 0 aromatic heterocycles. The highest BCUT2D eigenvalue weighted by Gasteiger charge is 2.30. The third-order valence-corrected chi connectivity index (χ3v) is 3.73. The van der Waals surface area contributed by atoms with Crippen LogP contribution in [0.4, 0.5) is 0 Å². The molecule has 3 heteroatoms. The van der Waals surface area contributed by atoms with Crippen LogP contribution in [0.2, 0.25) is 0 Å². The predicted molar refractivity (Wildman–Crippen MR) is 64.9 cm³/mol. The molecule has 0 spiro atoms.